The van der Waals surface area contributed by atoms with E-state index in [1.54, 1.807) is 31.2 Å². The number of benzene rings is 1. The van der Waals surface area contributed by atoms with E-state index in [2.05, 4.69) is 5.32 Å². The van der Waals surface area contributed by atoms with E-state index in [-0.39, 0.29) is 18.4 Å². The largest absolute Gasteiger partial charge is 0.478 e. The fraction of sp³-hybridized carbons (Fsp3) is 0.214. The fourth-order valence-electron chi connectivity index (χ4n) is 1.97. The molecule has 20 heavy (non-hydrogen) atoms. The van der Waals surface area contributed by atoms with Crippen molar-refractivity contribution >= 4 is 29.2 Å². The number of rotatable bonds is 2. The van der Waals surface area contributed by atoms with Gasteiger partial charge in [-0.25, -0.2) is 4.79 Å². The number of anilines is 2. The van der Waals surface area contributed by atoms with Gasteiger partial charge in [0.1, 0.15) is 0 Å². The number of para-hydroxylation sites is 2. The van der Waals surface area contributed by atoms with E-state index in [0.29, 0.717) is 11.4 Å². The molecule has 6 nitrogen and oxygen atoms in total. The van der Waals surface area contributed by atoms with Crippen LogP contribution in [0, 0.1) is 5.92 Å². The summed E-state index contributed by atoms with van der Waals surface area (Å²) in [6.07, 6.45) is 1.78. The van der Waals surface area contributed by atoms with Gasteiger partial charge in [-0.1, -0.05) is 19.1 Å². The Labute approximate surface area is 115 Å². The van der Waals surface area contributed by atoms with Crippen LogP contribution >= 0.6 is 0 Å². The Bertz CT molecular complexity index is 595. The minimum atomic E-state index is -1.19. The van der Waals surface area contributed by atoms with E-state index in [1.807, 2.05) is 0 Å². The number of aliphatic carboxylic acids is 1. The third-order valence-electron chi connectivity index (χ3n) is 2.99. The number of amides is 2. The lowest BCUT2D eigenvalue weighted by molar-refractivity contribution is -0.131. The number of nitrogens with zero attached hydrogens (tertiary/aromatic N) is 1. The second kappa shape index (κ2) is 5.56. The summed E-state index contributed by atoms with van der Waals surface area (Å²) >= 11 is 0. The average molecular weight is 274 g/mol. The molecule has 6 heteroatoms. The second-order valence-corrected chi connectivity index (χ2v) is 4.53. The molecule has 1 aliphatic heterocycles. The Hall–Kier alpha value is -2.63. The van der Waals surface area contributed by atoms with E-state index in [1.165, 1.54) is 4.90 Å². The summed E-state index contributed by atoms with van der Waals surface area (Å²) in [6.45, 7) is 1.91. The van der Waals surface area contributed by atoms with Crippen molar-refractivity contribution in [2.45, 2.75) is 6.92 Å². The molecule has 2 N–H and O–H groups in total. The van der Waals surface area contributed by atoms with Crippen molar-refractivity contribution < 1.29 is 19.5 Å². The van der Waals surface area contributed by atoms with Crippen molar-refractivity contribution in [1.29, 1.82) is 0 Å². The summed E-state index contributed by atoms with van der Waals surface area (Å²) in [4.78, 5) is 35.8. The Morgan fingerprint density at radius 2 is 2.05 bits per heavy atom. The minimum Gasteiger partial charge on any atom is -0.478 e. The van der Waals surface area contributed by atoms with Gasteiger partial charge in [0.05, 0.1) is 17.3 Å². The number of hydrogen-bond acceptors (Lipinski definition) is 3. The molecule has 0 saturated heterocycles. The van der Waals surface area contributed by atoms with Gasteiger partial charge in [-0.3, -0.25) is 9.59 Å². The van der Waals surface area contributed by atoms with Crippen molar-refractivity contribution in [2.24, 2.45) is 5.92 Å². The number of carboxylic acid groups (broad SMARTS) is 1. The van der Waals surface area contributed by atoms with Crippen molar-refractivity contribution in [3.8, 4) is 0 Å². The van der Waals surface area contributed by atoms with Crippen LogP contribution in [0.4, 0.5) is 11.4 Å². The van der Waals surface area contributed by atoms with Crippen LogP contribution in [0.1, 0.15) is 6.92 Å². The second-order valence-electron chi connectivity index (χ2n) is 4.53. The molecule has 0 aliphatic carbocycles. The Morgan fingerprint density at radius 3 is 2.75 bits per heavy atom. The quantitative estimate of drug-likeness (QED) is 0.795. The predicted molar refractivity (Wildman–Crippen MR) is 73.4 cm³/mol. The molecule has 1 aromatic carbocycles. The summed E-state index contributed by atoms with van der Waals surface area (Å²) < 4.78 is 0. The van der Waals surface area contributed by atoms with Gasteiger partial charge in [0, 0.05) is 18.7 Å². The minimum absolute atomic E-state index is 0.171. The van der Waals surface area contributed by atoms with Crippen LogP contribution in [0.25, 0.3) is 0 Å². The zero-order valence-corrected chi connectivity index (χ0v) is 10.9. The molecule has 2 amide bonds. The summed E-state index contributed by atoms with van der Waals surface area (Å²) in [7, 11) is 0. The third kappa shape index (κ3) is 2.85. The zero-order chi connectivity index (χ0) is 14.7. The first-order valence-corrected chi connectivity index (χ1v) is 6.11. The van der Waals surface area contributed by atoms with Gasteiger partial charge in [-0.05, 0) is 12.1 Å². The molecule has 0 unspecified atom stereocenters. The molecule has 0 radical (unpaired) electrons. The summed E-state index contributed by atoms with van der Waals surface area (Å²) in [6, 6.07) is 6.92. The number of fused-ring (bicyclic) bond motifs is 1. The average Bonchev–Trinajstić information content (AvgIpc) is 2.54. The molecule has 1 heterocycles. The number of carbonyl (C=O) groups excluding carboxylic acids is 2. The SMILES string of the molecule is C[C@H]1CN(C(=O)/C=C/C(=O)O)c2ccccc2NC1=O. The topological polar surface area (TPSA) is 86.7 Å². The zero-order valence-electron chi connectivity index (χ0n) is 10.9. The lowest BCUT2D eigenvalue weighted by Crippen LogP contribution is -2.34. The lowest BCUT2D eigenvalue weighted by atomic mass is 10.1. The van der Waals surface area contributed by atoms with Gasteiger partial charge < -0.3 is 15.3 Å². The molecule has 1 atom stereocenters. The van der Waals surface area contributed by atoms with E-state index >= 15 is 0 Å². The third-order valence-corrected chi connectivity index (χ3v) is 2.99. The molecule has 0 bridgehead atoms. The monoisotopic (exact) mass is 274 g/mol. The predicted octanol–water partition coefficient (Wildman–Crippen LogP) is 1.25. The molecule has 0 aromatic heterocycles. The highest BCUT2D eigenvalue weighted by Crippen LogP contribution is 2.29. The summed E-state index contributed by atoms with van der Waals surface area (Å²) in [5, 5.41) is 11.3. The van der Waals surface area contributed by atoms with Crippen molar-refractivity contribution in [3.05, 3.63) is 36.4 Å². The number of carbonyl (C=O) groups is 3. The molecular formula is C14H14N2O4. The first-order chi connectivity index (χ1) is 9.49. The molecule has 2 rings (SSSR count). The van der Waals surface area contributed by atoms with Gasteiger partial charge in [-0.2, -0.15) is 0 Å². The Morgan fingerprint density at radius 1 is 1.35 bits per heavy atom. The van der Waals surface area contributed by atoms with Crippen LogP contribution in [0.3, 0.4) is 0 Å². The maximum Gasteiger partial charge on any atom is 0.328 e. The lowest BCUT2D eigenvalue weighted by Gasteiger charge is -2.21. The maximum absolute atomic E-state index is 12.1. The molecular weight excluding hydrogens is 260 g/mol. The van der Waals surface area contributed by atoms with E-state index in [4.69, 9.17) is 5.11 Å². The van der Waals surface area contributed by atoms with Gasteiger partial charge in [0.15, 0.2) is 0 Å². The molecule has 1 aliphatic rings. The van der Waals surface area contributed by atoms with Gasteiger partial charge in [-0.15, -0.1) is 0 Å². The molecule has 0 spiro atoms. The van der Waals surface area contributed by atoms with Crippen LogP contribution < -0.4 is 10.2 Å². The molecule has 0 fully saturated rings. The first kappa shape index (κ1) is 13.8. The molecule has 0 saturated carbocycles. The number of nitrogens with one attached hydrogen (secondary N) is 1. The van der Waals surface area contributed by atoms with Gasteiger partial charge in [0.25, 0.3) is 5.91 Å². The van der Waals surface area contributed by atoms with Crippen LogP contribution in [0.5, 0.6) is 0 Å². The Kier molecular flexibility index (Phi) is 3.84. The summed E-state index contributed by atoms with van der Waals surface area (Å²) in [5.41, 5.74) is 1.10. The first-order valence-electron chi connectivity index (χ1n) is 6.11. The van der Waals surface area contributed by atoms with Crippen LogP contribution in [-0.4, -0.2) is 29.4 Å². The highest BCUT2D eigenvalue weighted by atomic mass is 16.4. The van der Waals surface area contributed by atoms with E-state index in [0.717, 1.165) is 12.2 Å². The molecule has 104 valence electrons. The van der Waals surface area contributed by atoms with Crippen molar-refractivity contribution in [1.82, 2.24) is 0 Å². The molecule has 1 aromatic rings. The van der Waals surface area contributed by atoms with Crippen LogP contribution in [-0.2, 0) is 14.4 Å². The smallest absolute Gasteiger partial charge is 0.328 e. The van der Waals surface area contributed by atoms with E-state index < -0.39 is 11.9 Å². The summed E-state index contributed by atoms with van der Waals surface area (Å²) in [5.74, 6) is -2.22. The normalized spacial score (nSPS) is 18.4. The highest BCUT2D eigenvalue weighted by molar-refractivity contribution is 6.09. The Balaban J connectivity index is 2.38. The van der Waals surface area contributed by atoms with Crippen molar-refractivity contribution in [2.75, 3.05) is 16.8 Å². The highest BCUT2D eigenvalue weighted by Gasteiger charge is 2.27. The van der Waals surface area contributed by atoms with Crippen LogP contribution in [0.2, 0.25) is 0 Å². The number of hydrogen-bond donors (Lipinski definition) is 2. The maximum atomic E-state index is 12.1. The standard InChI is InChI=1S/C14H14N2O4/c1-9-8-16(12(17)6-7-13(18)19)11-5-3-2-4-10(11)15-14(9)20/h2-7,9H,8H2,1H3,(H,15,20)(H,18,19)/b7-6+/t9-/m0/s1. The van der Waals surface area contributed by atoms with Crippen LogP contribution in [0.15, 0.2) is 36.4 Å². The fourth-order valence-corrected chi connectivity index (χ4v) is 1.97. The van der Waals surface area contributed by atoms with Gasteiger partial charge >= 0.3 is 5.97 Å². The number of carboxylic acids is 1. The van der Waals surface area contributed by atoms with Crippen molar-refractivity contribution in [3.63, 3.8) is 0 Å². The van der Waals surface area contributed by atoms with E-state index in [9.17, 15) is 14.4 Å². The van der Waals surface area contributed by atoms with Gasteiger partial charge in [0.2, 0.25) is 5.91 Å².